The lowest BCUT2D eigenvalue weighted by molar-refractivity contribution is 0.0601. The maximum absolute atomic E-state index is 11.7. The molecule has 21 heavy (non-hydrogen) atoms. The highest BCUT2D eigenvalue weighted by Gasteiger charge is 2.15. The second kappa shape index (κ2) is 6.37. The third-order valence-electron chi connectivity index (χ3n) is 2.89. The smallest absolute Gasteiger partial charge is 0.340 e. The normalized spacial score (nSPS) is 10.3. The van der Waals surface area contributed by atoms with Crippen molar-refractivity contribution in [2.75, 3.05) is 12.8 Å². The Kier molecular flexibility index (Phi) is 4.75. The van der Waals surface area contributed by atoms with Crippen molar-refractivity contribution >= 4 is 39.2 Å². The van der Waals surface area contributed by atoms with Gasteiger partial charge in [0.1, 0.15) is 11.5 Å². The van der Waals surface area contributed by atoms with Gasteiger partial charge in [-0.05, 0) is 58.7 Å². The SMILES string of the molecule is COC(=O)c1cc(Oc2ccc(Cl)cc2Br)cc(C)c1N. The fourth-order valence-corrected chi connectivity index (χ4v) is 2.55. The number of nitrogen functional groups attached to an aromatic ring is 1. The molecule has 0 aromatic heterocycles. The third-order valence-corrected chi connectivity index (χ3v) is 3.74. The second-order valence-electron chi connectivity index (χ2n) is 4.37. The quantitative estimate of drug-likeness (QED) is 0.635. The average molecular weight is 371 g/mol. The molecule has 110 valence electrons. The number of aryl methyl sites for hydroxylation is 1. The lowest BCUT2D eigenvalue weighted by atomic mass is 10.1. The molecule has 0 aliphatic heterocycles. The van der Waals surface area contributed by atoms with E-state index in [1.165, 1.54) is 7.11 Å². The molecule has 0 bridgehead atoms. The van der Waals surface area contributed by atoms with Crippen LogP contribution in [0.15, 0.2) is 34.8 Å². The Hall–Kier alpha value is -1.72. The van der Waals surface area contributed by atoms with Crippen LogP contribution in [0.25, 0.3) is 0 Å². The number of carbonyl (C=O) groups excluding carboxylic acids is 1. The van der Waals surface area contributed by atoms with Crippen LogP contribution in [0.4, 0.5) is 5.69 Å². The number of esters is 1. The highest BCUT2D eigenvalue weighted by atomic mass is 79.9. The highest BCUT2D eigenvalue weighted by Crippen LogP contribution is 2.34. The lowest BCUT2D eigenvalue weighted by Gasteiger charge is -2.12. The van der Waals surface area contributed by atoms with E-state index in [1.54, 1.807) is 37.3 Å². The van der Waals surface area contributed by atoms with Crippen LogP contribution in [0.5, 0.6) is 11.5 Å². The summed E-state index contributed by atoms with van der Waals surface area (Å²) < 4.78 is 11.2. The summed E-state index contributed by atoms with van der Waals surface area (Å²) in [5.74, 6) is 0.570. The Morgan fingerprint density at radius 1 is 1.29 bits per heavy atom. The fraction of sp³-hybridized carbons (Fsp3) is 0.133. The van der Waals surface area contributed by atoms with Crippen molar-refractivity contribution in [1.29, 1.82) is 0 Å². The maximum atomic E-state index is 11.7. The predicted molar refractivity (Wildman–Crippen MR) is 86.2 cm³/mol. The summed E-state index contributed by atoms with van der Waals surface area (Å²) in [5.41, 5.74) is 7.28. The molecule has 0 atom stereocenters. The van der Waals surface area contributed by atoms with E-state index in [0.717, 1.165) is 5.56 Å². The van der Waals surface area contributed by atoms with Crippen LogP contribution in [0, 0.1) is 6.92 Å². The Morgan fingerprint density at radius 2 is 2.00 bits per heavy atom. The Labute approximate surface area is 135 Å². The molecule has 0 spiro atoms. The number of rotatable bonds is 3. The number of methoxy groups -OCH3 is 1. The average Bonchev–Trinajstić information content (AvgIpc) is 2.44. The van der Waals surface area contributed by atoms with Gasteiger partial charge in [-0.25, -0.2) is 4.79 Å². The first-order valence-electron chi connectivity index (χ1n) is 6.03. The van der Waals surface area contributed by atoms with Gasteiger partial charge in [0.2, 0.25) is 0 Å². The monoisotopic (exact) mass is 369 g/mol. The summed E-state index contributed by atoms with van der Waals surface area (Å²) in [7, 11) is 1.31. The predicted octanol–water partition coefficient (Wildman–Crippen LogP) is 4.57. The minimum atomic E-state index is -0.503. The van der Waals surface area contributed by atoms with Crippen LogP contribution in [0.2, 0.25) is 5.02 Å². The summed E-state index contributed by atoms with van der Waals surface area (Å²) in [6.45, 7) is 1.80. The van der Waals surface area contributed by atoms with Gasteiger partial charge in [0.05, 0.1) is 17.1 Å². The van der Waals surface area contributed by atoms with Crippen molar-refractivity contribution in [2.24, 2.45) is 0 Å². The second-order valence-corrected chi connectivity index (χ2v) is 5.66. The molecule has 0 aliphatic rings. The zero-order chi connectivity index (χ0) is 15.6. The molecule has 0 radical (unpaired) electrons. The van der Waals surface area contributed by atoms with Gasteiger partial charge in [-0.3, -0.25) is 0 Å². The Morgan fingerprint density at radius 3 is 2.62 bits per heavy atom. The first-order valence-corrected chi connectivity index (χ1v) is 7.21. The molecule has 0 saturated carbocycles. The van der Waals surface area contributed by atoms with Crippen molar-refractivity contribution in [3.63, 3.8) is 0 Å². The number of hydrogen-bond acceptors (Lipinski definition) is 4. The van der Waals surface area contributed by atoms with E-state index in [9.17, 15) is 4.79 Å². The summed E-state index contributed by atoms with van der Waals surface area (Å²) in [6, 6.07) is 8.48. The molecule has 0 fully saturated rings. The molecule has 2 aromatic rings. The molecule has 0 amide bonds. The van der Waals surface area contributed by atoms with E-state index in [2.05, 4.69) is 15.9 Å². The number of nitrogens with two attached hydrogens (primary N) is 1. The summed E-state index contributed by atoms with van der Waals surface area (Å²) in [6.07, 6.45) is 0. The molecule has 2 aromatic carbocycles. The largest absolute Gasteiger partial charge is 0.465 e. The molecule has 0 aliphatic carbocycles. The van der Waals surface area contributed by atoms with E-state index < -0.39 is 5.97 Å². The molecular weight excluding hydrogens is 358 g/mol. The molecule has 0 heterocycles. The van der Waals surface area contributed by atoms with Crippen molar-refractivity contribution < 1.29 is 14.3 Å². The summed E-state index contributed by atoms with van der Waals surface area (Å²) >= 11 is 9.26. The van der Waals surface area contributed by atoms with Crippen LogP contribution in [-0.4, -0.2) is 13.1 Å². The topological polar surface area (TPSA) is 61.5 Å². The van der Waals surface area contributed by atoms with Gasteiger partial charge >= 0.3 is 5.97 Å². The molecule has 6 heteroatoms. The van der Waals surface area contributed by atoms with Crippen LogP contribution in [-0.2, 0) is 4.74 Å². The summed E-state index contributed by atoms with van der Waals surface area (Å²) in [5, 5.41) is 0.595. The van der Waals surface area contributed by atoms with Gasteiger partial charge in [0, 0.05) is 10.7 Å². The van der Waals surface area contributed by atoms with E-state index in [4.69, 9.17) is 26.8 Å². The minimum Gasteiger partial charge on any atom is -0.465 e. The first-order chi connectivity index (χ1) is 9.92. The van der Waals surface area contributed by atoms with Crippen molar-refractivity contribution in [3.8, 4) is 11.5 Å². The Balaban J connectivity index is 2.40. The number of ether oxygens (including phenoxy) is 2. The minimum absolute atomic E-state index is 0.276. The number of halogens is 2. The van der Waals surface area contributed by atoms with Gasteiger partial charge < -0.3 is 15.2 Å². The number of benzene rings is 2. The molecule has 0 unspecified atom stereocenters. The Bertz CT molecular complexity index is 704. The van der Waals surface area contributed by atoms with E-state index >= 15 is 0 Å². The zero-order valence-electron chi connectivity index (χ0n) is 11.4. The van der Waals surface area contributed by atoms with E-state index in [1.807, 2.05) is 0 Å². The van der Waals surface area contributed by atoms with Crippen molar-refractivity contribution in [1.82, 2.24) is 0 Å². The van der Waals surface area contributed by atoms with Gasteiger partial charge in [0.15, 0.2) is 0 Å². The molecular formula is C15H13BrClNO3. The third kappa shape index (κ3) is 3.49. The maximum Gasteiger partial charge on any atom is 0.340 e. The van der Waals surface area contributed by atoms with Gasteiger partial charge in [-0.1, -0.05) is 11.6 Å². The van der Waals surface area contributed by atoms with Crippen LogP contribution in [0.1, 0.15) is 15.9 Å². The zero-order valence-corrected chi connectivity index (χ0v) is 13.8. The molecule has 0 saturated heterocycles. The van der Waals surface area contributed by atoms with Crippen LogP contribution < -0.4 is 10.5 Å². The van der Waals surface area contributed by atoms with Crippen molar-refractivity contribution in [3.05, 3.63) is 51.0 Å². The number of hydrogen-bond donors (Lipinski definition) is 1. The van der Waals surface area contributed by atoms with Crippen LogP contribution in [0.3, 0.4) is 0 Å². The number of anilines is 1. The molecule has 2 N–H and O–H groups in total. The fourth-order valence-electron chi connectivity index (χ4n) is 1.79. The molecule has 4 nitrogen and oxygen atoms in total. The van der Waals surface area contributed by atoms with Crippen LogP contribution >= 0.6 is 27.5 Å². The van der Waals surface area contributed by atoms with Gasteiger partial charge in [-0.15, -0.1) is 0 Å². The summed E-state index contributed by atoms with van der Waals surface area (Å²) in [4.78, 5) is 11.7. The van der Waals surface area contributed by atoms with E-state index in [0.29, 0.717) is 26.7 Å². The first kappa shape index (κ1) is 15.7. The van der Waals surface area contributed by atoms with Gasteiger partial charge in [-0.2, -0.15) is 0 Å². The molecule has 2 rings (SSSR count). The standard InChI is InChI=1S/C15H13BrClNO3/c1-8-5-10(7-11(14(8)18)15(19)20-2)21-13-4-3-9(17)6-12(13)16/h3-7H,18H2,1-2H3. The van der Waals surface area contributed by atoms with Crippen molar-refractivity contribution in [2.45, 2.75) is 6.92 Å². The van der Waals surface area contributed by atoms with Gasteiger partial charge in [0.25, 0.3) is 0 Å². The highest BCUT2D eigenvalue weighted by molar-refractivity contribution is 9.10. The lowest BCUT2D eigenvalue weighted by Crippen LogP contribution is -2.07. The number of carbonyl (C=O) groups is 1. The van der Waals surface area contributed by atoms with E-state index in [-0.39, 0.29) is 5.56 Å².